The largest absolute Gasteiger partial charge is 0.466 e. The Morgan fingerprint density at radius 2 is 1.95 bits per heavy atom. The molecule has 0 aromatic heterocycles. The van der Waals surface area contributed by atoms with Gasteiger partial charge in [0.05, 0.1) is 19.6 Å². The van der Waals surface area contributed by atoms with E-state index in [-0.39, 0.29) is 18.2 Å². The lowest BCUT2D eigenvalue weighted by molar-refractivity contribution is -0.144. The molecule has 20 heavy (non-hydrogen) atoms. The lowest BCUT2D eigenvalue weighted by atomic mass is 10.2. The van der Waals surface area contributed by atoms with E-state index < -0.39 is 0 Å². The fourth-order valence-electron chi connectivity index (χ4n) is 3.23. The summed E-state index contributed by atoms with van der Waals surface area (Å²) in [6.45, 7) is 7.04. The number of nitrogens with zero attached hydrogens (tertiary/aromatic N) is 2. The van der Waals surface area contributed by atoms with Crippen molar-refractivity contribution in [2.45, 2.75) is 45.1 Å². The molecule has 0 amide bonds. The second kappa shape index (κ2) is 7.74. The van der Waals surface area contributed by atoms with Gasteiger partial charge in [0, 0.05) is 19.0 Å². The number of ether oxygens (including phenoxy) is 1. The Balaban J connectivity index is 1.71. The minimum atomic E-state index is -0.265. The van der Waals surface area contributed by atoms with Crippen molar-refractivity contribution in [3.63, 3.8) is 0 Å². The summed E-state index contributed by atoms with van der Waals surface area (Å²) in [6.07, 6.45) is 4.21. The third kappa shape index (κ3) is 4.56. The van der Waals surface area contributed by atoms with Crippen molar-refractivity contribution in [1.82, 2.24) is 9.80 Å². The molecule has 2 rings (SSSR count). The molecule has 0 saturated carbocycles. The first-order chi connectivity index (χ1) is 9.69. The zero-order chi connectivity index (χ0) is 14.4. The standard InChI is InChI=1S/C15H26N2O3/c1-2-20-15(19)7-6-14(18)12-16-8-4-10-17-9-3-5-13(17)11-16/h13H,2-12H2,1H3. The molecular weight excluding hydrogens is 256 g/mol. The van der Waals surface area contributed by atoms with Crippen molar-refractivity contribution >= 4 is 11.8 Å². The van der Waals surface area contributed by atoms with Crippen LogP contribution in [-0.2, 0) is 14.3 Å². The van der Waals surface area contributed by atoms with Gasteiger partial charge in [-0.05, 0) is 45.8 Å². The van der Waals surface area contributed by atoms with Crippen LogP contribution in [0.15, 0.2) is 0 Å². The van der Waals surface area contributed by atoms with Gasteiger partial charge in [0.1, 0.15) is 5.78 Å². The molecule has 0 radical (unpaired) electrons. The second-order valence-electron chi connectivity index (χ2n) is 5.76. The first-order valence-corrected chi connectivity index (χ1v) is 7.82. The molecular formula is C15H26N2O3. The van der Waals surface area contributed by atoms with E-state index in [2.05, 4.69) is 9.80 Å². The van der Waals surface area contributed by atoms with Crippen LogP contribution in [0.3, 0.4) is 0 Å². The second-order valence-corrected chi connectivity index (χ2v) is 5.76. The topological polar surface area (TPSA) is 49.9 Å². The minimum Gasteiger partial charge on any atom is -0.466 e. The molecule has 0 aliphatic carbocycles. The summed E-state index contributed by atoms with van der Waals surface area (Å²) in [5.41, 5.74) is 0. The molecule has 1 unspecified atom stereocenters. The third-order valence-corrected chi connectivity index (χ3v) is 4.20. The molecule has 0 aromatic carbocycles. The lowest BCUT2D eigenvalue weighted by Crippen LogP contribution is -2.38. The fourth-order valence-corrected chi connectivity index (χ4v) is 3.23. The van der Waals surface area contributed by atoms with Gasteiger partial charge in [-0.1, -0.05) is 0 Å². The third-order valence-electron chi connectivity index (χ3n) is 4.20. The summed E-state index contributed by atoms with van der Waals surface area (Å²) in [5, 5.41) is 0. The number of rotatable bonds is 6. The van der Waals surface area contributed by atoms with Gasteiger partial charge in [-0.15, -0.1) is 0 Å². The zero-order valence-corrected chi connectivity index (χ0v) is 12.5. The number of ketones is 1. The maximum Gasteiger partial charge on any atom is 0.306 e. The van der Waals surface area contributed by atoms with E-state index in [0.29, 0.717) is 25.6 Å². The number of carbonyl (C=O) groups is 2. The Kier molecular flexibility index (Phi) is 5.98. The molecule has 0 spiro atoms. The summed E-state index contributed by atoms with van der Waals surface area (Å²) in [7, 11) is 0. The summed E-state index contributed by atoms with van der Waals surface area (Å²) < 4.78 is 4.85. The van der Waals surface area contributed by atoms with Crippen LogP contribution < -0.4 is 0 Å². The zero-order valence-electron chi connectivity index (χ0n) is 12.5. The molecule has 0 aromatic rings. The summed E-state index contributed by atoms with van der Waals surface area (Å²) >= 11 is 0. The van der Waals surface area contributed by atoms with Crippen LogP contribution in [-0.4, -0.2) is 66.9 Å². The van der Waals surface area contributed by atoms with Crippen molar-refractivity contribution in [2.75, 3.05) is 39.3 Å². The Bertz CT molecular complexity index is 346. The molecule has 2 saturated heterocycles. The van der Waals surface area contributed by atoms with Gasteiger partial charge in [-0.2, -0.15) is 0 Å². The highest BCUT2D eigenvalue weighted by Crippen LogP contribution is 2.21. The van der Waals surface area contributed by atoms with Gasteiger partial charge in [0.15, 0.2) is 0 Å². The van der Waals surface area contributed by atoms with E-state index in [1.807, 2.05) is 0 Å². The van der Waals surface area contributed by atoms with E-state index in [9.17, 15) is 9.59 Å². The summed E-state index contributed by atoms with van der Waals surface area (Å²) in [5.74, 6) is -0.108. The van der Waals surface area contributed by atoms with Crippen molar-refractivity contribution in [2.24, 2.45) is 0 Å². The van der Waals surface area contributed by atoms with Crippen LogP contribution in [0.1, 0.15) is 39.0 Å². The van der Waals surface area contributed by atoms with Gasteiger partial charge in [-0.3, -0.25) is 19.4 Å². The molecule has 2 aliphatic rings. The SMILES string of the molecule is CCOC(=O)CCC(=O)CN1CCCN2CCCC2C1. The van der Waals surface area contributed by atoms with Gasteiger partial charge in [-0.25, -0.2) is 0 Å². The van der Waals surface area contributed by atoms with Crippen LogP contribution in [0.5, 0.6) is 0 Å². The quantitative estimate of drug-likeness (QED) is 0.682. The van der Waals surface area contributed by atoms with E-state index in [1.165, 1.54) is 19.4 Å². The molecule has 0 bridgehead atoms. The van der Waals surface area contributed by atoms with Gasteiger partial charge in [0.2, 0.25) is 0 Å². The summed E-state index contributed by atoms with van der Waals surface area (Å²) in [4.78, 5) is 28.0. The van der Waals surface area contributed by atoms with Crippen molar-refractivity contribution in [3.05, 3.63) is 0 Å². The van der Waals surface area contributed by atoms with Crippen LogP contribution in [0.25, 0.3) is 0 Å². The lowest BCUT2D eigenvalue weighted by Gasteiger charge is -2.25. The maximum atomic E-state index is 12.0. The van der Waals surface area contributed by atoms with Gasteiger partial charge in [0.25, 0.3) is 0 Å². The number of carbonyl (C=O) groups excluding carboxylic acids is 2. The Morgan fingerprint density at radius 1 is 1.15 bits per heavy atom. The van der Waals surface area contributed by atoms with Crippen molar-refractivity contribution in [3.8, 4) is 0 Å². The van der Waals surface area contributed by atoms with Crippen LogP contribution in [0, 0.1) is 0 Å². The number of Topliss-reactive ketones (excluding diaryl/α,β-unsaturated/α-hetero) is 1. The van der Waals surface area contributed by atoms with Crippen molar-refractivity contribution in [1.29, 1.82) is 0 Å². The molecule has 5 nitrogen and oxygen atoms in total. The molecule has 2 aliphatic heterocycles. The average Bonchev–Trinajstić information content (AvgIpc) is 2.76. The number of hydrogen-bond acceptors (Lipinski definition) is 5. The number of fused-ring (bicyclic) bond motifs is 1. The van der Waals surface area contributed by atoms with Crippen LogP contribution in [0.2, 0.25) is 0 Å². The Hall–Kier alpha value is -0.940. The molecule has 114 valence electrons. The number of esters is 1. The first-order valence-electron chi connectivity index (χ1n) is 7.82. The van der Waals surface area contributed by atoms with Crippen molar-refractivity contribution < 1.29 is 14.3 Å². The van der Waals surface area contributed by atoms with Gasteiger partial charge >= 0.3 is 5.97 Å². The van der Waals surface area contributed by atoms with Crippen LogP contribution >= 0.6 is 0 Å². The highest BCUT2D eigenvalue weighted by atomic mass is 16.5. The molecule has 0 N–H and O–H groups in total. The molecule has 2 heterocycles. The maximum absolute atomic E-state index is 12.0. The molecule has 2 fully saturated rings. The number of hydrogen-bond donors (Lipinski definition) is 0. The van der Waals surface area contributed by atoms with E-state index >= 15 is 0 Å². The normalized spacial score (nSPS) is 24.1. The predicted octanol–water partition coefficient (Wildman–Crippen LogP) is 1.07. The fraction of sp³-hybridized carbons (Fsp3) is 0.867. The summed E-state index contributed by atoms with van der Waals surface area (Å²) in [6, 6.07) is 0.635. The smallest absolute Gasteiger partial charge is 0.306 e. The monoisotopic (exact) mass is 282 g/mol. The van der Waals surface area contributed by atoms with Crippen LogP contribution in [0.4, 0.5) is 0 Å². The highest BCUT2D eigenvalue weighted by molar-refractivity contribution is 5.84. The first kappa shape index (κ1) is 15.4. The average molecular weight is 282 g/mol. The predicted molar refractivity (Wildman–Crippen MR) is 76.5 cm³/mol. The van der Waals surface area contributed by atoms with E-state index in [1.54, 1.807) is 6.92 Å². The Morgan fingerprint density at radius 3 is 2.75 bits per heavy atom. The van der Waals surface area contributed by atoms with E-state index in [4.69, 9.17) is 4.74 Å². The minimum absolute atomic E-state index is 0.157. The highest BCUT2D eigenvalue weighted by Gasteiger charge is 2.29. The van der Waals surface area contributed by atoms with Gasteiger partial charge < -0.3 is 4.74 Å². The Labute approximate surface area is 121 Å². The van der Waals surface area contributed by atoms with E-state index in [0.717, 1.165) is 26.1 Å². The molecule has 1 atom stereocenters. The molecule has 5 heteroatoms.